The summed E-state index contributed by atoms with van der Waals surface area (Å²) in [7, 11) is 2.93. The van der Waals surface area contributed by atoms with Crippen LogP contribution in [0.4, 0.5) is 0 Å². The Hall–Kier alpha value is -1.92. The summed E-state index contributed by atoms with van der Waals surface area (Å²) in [4.78, 5) is 25.0. The first kappa shape index (κ1) is 23.4. The van der Waals surface area contributed by atoms with E-state index in [-0.39, 0.29) is 23.8 Å². The number of hydrogen-bond acceptors (Lipinski definition) is 6. The third kappa shape index (κ3) is 7.44. The number of nitrogens with zero attached hydrogens (tertiary/aromatic N) is 1. The lowest BCUT2D eigenvalue weighted by atomic mass is 9.91. The maximum Gasteiger partial charge on any atom is 0.308 e. The lowest BCUT2D eigenvalue weighted by molar-refractivity contribution is -0.148. The van der Waals surface area contributed by atoms with E-state index in [4.69, 9.17) is 4.74 Å². The number of nitrogens with one attached hydrogen (secondary N) is 1. The zero-order chi connectivity index (χ0) is 21.2. The van der Waals surface area contributed by atoms with E-state index in [1.807, 2.05) is 6.07 Å². The Morgan fingerprint density at radius 3 is 2.17 bits per heavy atom. The highest BCUT2D eigenvalue weighted by molar-refractivity contribution is 5.72. The molecule has 1 N–H and O–H groups in total. The third-order valence-corrected chi connectivity index (χ3v) is 5.93. The Morgan fingerprint density at radius 2 is 1.62 bits per heavy atom. The molecular weight excluding hydrogens is 368 g/mol. The molecule has 2 aliphatic rings. The van der Waals surface area contributed by atoms with Crippen molar-refractivity contribution in [3.63, 3.8) is 0 Å². The fraction of sp³-hybridized carbons (Fsp3) is 0.652. The summed E-state index contributed by atoms with van der Waals surface area (Å²) in [5.74, 6) is 0.0906. The second kappa shape index (κ2) is 11.9. The van der Waals surface area contributed by atoms with Gasteiger partial charge in [-0.1, -0.05) is 30.3 Å². The minimum Gasteiger partial charge on any atom is -0.469 e. The van der Waals surface area contributed by atoms with Gasteiger partial charge in [0.15, 0.2) is 0 Å². The molecule has 0 radical (unpaired) electrons. The molecule has 4 atom stereocenters. The van der Waals surface area contributed by atoms with E-state index < -0.39 is 0 Å². The minimum absolute atomic E-state index is 0.0544. The smallest absolute Gasteiger partial charge is 0.308 e. The number of benzene rings is 1. The summed E-state index contributed by atoms with van der Waals surface area (Å²) in [5.41, 5.74) is 1.33. The van der Waals surface area contributed by atoms with E-state index in [1.54, 1.807) is 0 Å². The molecule has 0 aromatic heterocycles. The first-order chi connectivity index (χ1) is 13.9. The summed E-state index contributed by atoms with van der Waals surface area (Å²) < 4.78 is 9.51. The molecule has 6 heteroatoms. The molecule has 1 aromatic rings. The molecular formula is C23H36N2O4. The van der Waals surface area contributed by atoms with Gasteiger partial charge in [0.2, 0.25) is 0 Å². The Kier molecular flexibility index (Phi) is 9.61. The Morgan fingerprint density at radius 1 is 1.00 bits per heavy atom. The highest BCUT2D eigenvalue weighted by atomic mass is 16.5. The van der Waals surface area contributed by atoms with Crippen LogP contribution in [0, 0.1) is 11.8 Å². The van der Waals surface area contributed by atoms with Crippen molar-refractivity contribution >= 4 is 11.9 Å². The molecule has 2 aliphatic heterocycles. The summed E-state index contributed by atoms with van der Waals surface area (Å²) in [6.07, 6.45) is 3.63. The summed E-state index contributed by atoms with van der Waals surface area (Å²) in [6, 6.07) is 11.4. The van der Waals surface area contributed by atoms with Crippen molar-refractivity contribution in [1.29, 1.82) is 0 Å². The van der Waals surface area contributed by atoms with Gasteiger partial charge in [0, 0.05) is 18.6 Å². The monoisotopic (exact) mass is 404 g/mol. The van der Waals surface area contributed by atoms with Gasteiger partial charge < -0.3 is 14.8 Å². The van der Waals surface area contributed by atoms with Crippen LogP contribution < -0.4 is 5.32 Å². The topological polar surface area (TPSA) is 67.9 Å². The van der Waals surface area contributed by atoms with Gasteiger partial charge in [-0.2, -0.15) is 0 Å². The summed E-state index contributed by atoms with van der Waals surface area (Å²) in [5, 5.41) is 3.28. The van der Waals surface area contributed by atoms with Crippen molar-refractivity contribution in [2.45, 2.75) is 58.2 Å². The van der Waals surface area contributed by atoms with Gasteiger partial charge in [0.1, 0.15) is 0 Å². The van der Waals surface area contributed by atoms with Gasteiger partial charge in [0.25, 0.3) is 0 Å². The van der Waals surface area contributed by atoms with E-state index >= 15 is 0 Å². The predicted molar refractivity (Wildman–Crippen MR) is 113 cm³/mol. The number of methoxy groups -OCH3 is 2. The molecule has 3 rings (SSSR count). The number of rotatable bonds is 4. The van der Waals surface area contributed by atoms with Crippen LogP contribution >= 0.6 is 0 Å². The van der Waals surface area contributed by atoms with Crippen LogP contribution in [-0.4, -0.2) is 56.2 Å². The maximum absolute atomic E-state index is 11.5. The molecule has 6 nitrogen and oxygen atoms in total. The second-order valence-corrected chi connectivity index (χ2v) is 8.15. The molecule has 0 saturated carbocycles. The van der Waals surface area contributed by atoms with Crippen LogP contribution in [-0.2, 0) is 25.6 Å². The van der Waals surface area contributed by atoms with Crippen LogP contribution in [0.2, 0.25) is 0 Å². The molecule has 2 heterocycles. The average molecular weight is 405 g/mol. The molecule has 0 bridgehead atoms. The highest BCUT2D eigenvalue weighted by Crippen LogP contribution is 2.25. The summed E-state index contributed by atoms with van der Waals surface area (Å²) >= 11 is 0. The molecule has 2 saturated heterocycles. The van der Waals surface area contributed by atoms with Gasteiger partial charge in [-0.15, -0.1) is 0 Å². The van der Waals surface area contributed by atoms with Crippen molar-refractivity contribution in [1.82, 2.24) is 10.2 Å². The van der Waals surface area contributed by atoms with Crippen molar-refractivity contribution in [3.8, 4) is 0 Å². The van der Waals surface area contributed by atoms with Crippen molar-refractivity contribution in [2.24, 2.45) is 11.8 Å². The SMILES string of the molecule is COC(=O)C1CCN(Cc2ccccc2)C(C)C1.COC(=O)C1CCNC(C)C1. The Balaban J connectivity index is 0.000000234. The maximum atomic E-state index is 11.5. The Bertz CT molecular complexity index is 637. The van der Waals surface area contributed by atoms with E-state index in [2.05, 4.69) is 53.1 Å². The second-order valence-electron chi connectivity index (χ2n) is 8.15. The number of likely N-dealkylation sites (tertiary alicyclic amines) is 1. The van der Waals surface area contributed by atoms with Crippen LogP contribution in [0.1, 0.15) is 45.1 Å². The van der Waals surface area contributed by atoms with Crippen molar-refractivity contribution in [3.05, 3.63) is 35.9 Å². The number of ether oxygens (including phenoxy) is 2. The number of hydrogen-bond donors (Lipinski definition) is 1. The van der Waals surface area contributed by atoms with Gasteiger partial charge in [-0.25, -0.2) is 0 Å². The fourth-order valence-corrected chi connectivity index (χ4v) is 4.17. The van der Waals surface area contributed by atoms with Crippen LogP contribution in [0.5, 0.6) is 0 Å². The lowest BCUT2D eigenvalue weighted by Crippen LogP contribution is -2.42. The fourth-order valence-electron chi connectivity index (χ4n) is 4.17. The third-order valence-electron chi connectivity index (χ3n) is 5.93. The first-order valence-electron chi connectivity index (χ1n) is 10.6. The largest absolute Gasteiger partial charge is 0.469 e. The minimum atomic E-state index is -0.0571. The van der Waals surface area contributed by atoms with Crippen LogP contribution in [0.15, 0.2) is 30.3 Å². The van der Waals surface area contributed by atoms with E-state index in [0.29, 0.717) is 12.1 Å². The summed E-state index contributed by atoms with van der Waals surface area (Å²) in [6.45, 7) is 7.15. The zero-order valence-corrected chi connectivity index (χ0v) is 18.2. The molecule has 4 unspecified atom stereocenters. The van der Waals surface area contributed by atoms with Crippen LogP contribution in [0.25, 0.3) is 0 Å². The zero-order valence-electron chi connectivity index (χ0n) is 18.2. The molecule has 29 heavy (non-hydrogen) atoms. The standard InChI is InChI=1S/C15H21NO2.C8H15NO2/c1-12-10-14(15(17)18-2)8-9-16(12)11-13-6-4-3-5-7-13;1-6-5-7(3-4-9-6)8(10)11-2/h3-7,12,14H,8-11H2,1-2H3;6-7,9H,3-5H2,1-2H3. The predicted octanol–water partition coefficient (Wildman–Crippen LogP) is 3.01. The molecule has 0 aliphatic carbocycles. The van der Waals surface area contributed by atoms with Gasteiger partial charge in [-0.05, 0) is 58.2 Å². The average Bonchev–Trinajstić information content (AvgIpc) is 2.75. The highest BCUT2D eigenvalue weighted by Gasteiger charge is 2.30. The van der Waals surface area contributed by atoms with E-state index in [9.17, 15) is 9.59 Å². The van der Waals surface area contributed by atoms with Crippen molar-refractivity contribution < 1.29 is 19.1 Å². The normalized spacial score (nSPS) is 27.3. The van der Waals surface area contributed by atoms with E-state index in [0.717, 1.165) is 45.3 Å². The number of piperidine rings is 2. The Labute approximate surface area is 174 Å². The van der Waals surface area contributed by atoms with Gasteiger partial charge >= 0.3 is 11.9 Å². The van der Waals surface area contributed by atoms with Crippen molar-refractivity contribution in [2.75, 3.05) is 27.3 Å². The quantitative estimate of drug-likeness (QED) is 0.778. The van der Waals surface area contributed by atoms with Gasteiger partial charge in [0.05, 0.1) is 26.1 Å². The number of carbonyl (C=O) groups excluding carboxylic acids is 2. The number of esters is 2. The molecule has 162 valence electrons. The molecule has 0 spiro atoms. The van der Waals surface area contributed by atoms with Gasteiger partial charge in [-0.3, -0.25) is 14.5 Å². The van der Waals surface area contributed by atoms with Crippen LogP contribution in [0.3, 0.4) is 0 Å². The number of carbonyl (C=O) groups is 2. The lowest BCUT2D eigenvalue weighted by Gasteiger charge is -2.36. The van der Waals surface area contributed by atoms with E-state index in [1.165, 1.54) is 19.8 Å². The first-order valence-corrected chi connectivity index (χ1v) is 10.6. The molecule has 2 fully saturated rings. The molecule has 0 amide bonds. The molecule has 1 aromatic carbocycles.